The summed E-state index contributed by atoms with van der Waals surface area (Å²) in [5, 5.41) is 12.5. The van der Waals surface area contributed by atoms with E-state index in [1.54, 1.807) is 23.2 Å². The fourth-order valence-corrected chi connectivity index (χ4v) is 1.91. The van der Waals surface area contributed by atoms with Crippen LogP contribution in [0.5, 0.6) is 0 Å². The van der Waals surface area contributed by atoms with Crippen molar-refractivity contribution < 1.29 is 9.90 Å². The average Bonchev–Trinajstić information content (AvgIpc) is 2.76. The van der Waals surface area contributed by atoms with Gasteiger partial charge in [0.05, 0.1) is 11.7 Å². The number of rotatable bonds is 3. The summed E-state index contributed by atoms with van der Waals surface area (Å²) < 4.78 is 0. The van der Waals surface area contributed by atoms with Crippen LogP contribution in [0.15, 0.2) is 18.3 Å². The zero-order valence-corrected chi connectivity index (χ0v) is 9.89. The quantitative estimate of drug-likeness (QED) is 0.810. The first kappa shape index (κ1) is 11.9. The molecule has 1 aromatic rings. The van der Waals surface area contributed by atoms with Gasteiger partial charge in [0, 0.05) is 25.8 Å². The molecule has 0 bridgehead atoms. The topological polar surface area (TPSA) is 65.5 Å². The number of nitrogens with zero attached hydrogens (tertiary/aromatic N) is 2. The summed E-state index contributed by atoms with van der Waals surface area (Å²) in [6, 6.07) is 3.56. The van der Waals surface area contributed by atoms with Crippen LogP contribution >= 0.6 is 0 Å². The van der Waals surface area contributed by atoms with E-state index in [1.807, 2.05) is 6.92 Å². The molecule has 1 unspecified atom stereocenters. The van der Waals surface area contributed by atoms with E-state index in [0.29, 0.717) is 25.1 Å². The molecule has 1 saturated heterocycles. The Bertz CT molecular complexity index is 391. The fourth-order valence-electron chi connectivity index (χ4n) is 1.91. The molecule has 1 amide bonds. The van der Waals surface area contributed by atoms with E-state index < -0.39 is 0 Å². The van der Waals surface area contributed by atoms with Crippen LogP contribution in [0.25, 0.3) is 0 Å². The van der Waals surface area contributed by atoms with E-state index in [9.17, 15) is 9.90 Å². The number of anilines is 1. The molecular formula is C12H17N3O2. The number of aliphatic hydroxyl groups excluding tert-OH is 1. The molecule has 1 atom stereocenters. The first-order valence-corrected chi connectivity index (χ1v) is 5.88. The molecule has 92 valence electrons. The number of aromatic nitrogens is 1. The molecule has 2 N–H and O–H groups in total. The van der Waals surface area contributed by atoms with E-state index in [-0.39, 0.29) is 12.0 Å². The van der Waals surface area contributed by atoms with E-state index in [2.05, 4.69) is 10.3 Å². The van der Waals surface area contributed by atoms with Gasteiger partial charge < -0.3 is 15.3 Å². The van der Waals surface area contributed by atoms with Gasteiger partial charge in [-0.3, -0.25) is 4.79 Å². The van der Waals surface area contributed by atoms with Crippen LogP contribution in [0.3, 0.4) is 0 Å². The molecule has 0 spiro atoms. The number of carbonyl (C=O) groups is 1. The lowest BCUT2D eigenvalue weighted by Gasteiger charge is -2.15. The molecule has 5 heteroatoms. The minimum absolute atomic E-state index is 0.0582. The van der Waals surface area contributed by atoms with Crippen molar-refractivity contribution in [3.05, 3.63) is 23.9 Å². The summed E-state index contributed by atoms with van der Waals surface area (Å²) in [6.07, 6.45) is 1.85. The number of pyridine rings is 1. The summed E-state index contributed by atoms with van der Waals surface area (Å²) >= 11 is 0. The third kappa shape index (κ3) is 2.74. The van der Waals surface area contributed by atoms with Crippen LogP contribution < -0.4 is 5.32 Å². The third-order valence-corrected chi connectivity index (χ3v) is 2.82. The second kappa shape index (κ2) is 5.14. The lowest BCUT2D eigenvalue weighted by atomic mass is 10.2. The molecule has 0 aromatic carbocycles. The Morgan fingerprint density at radius 3 is 3.00 bits per heavy atom. The summed E-state index contributed by atoms with van der Waals surface area (Å²) in [4.78, 5) is 17.8. The molecule has 0 saturated carbocycles. The fraction of sp³-hybridized carbons (Fsp3) is 0.500. The van der Waals surface area contributed by atoms with Gasteiger partial charge in [-0.1, -0.05) is 0 Å². The maximum Gasteiger partial charge on any atom is 0.255 e. The summed E-state index contributed by atoms with van der Waals surface area (Å²) in [5.74, 6) is 0.711. The largest absolute Gasteiger partial charge is 0.391 e. The number of nitrogens with one attached hydrogen (secondary N) is 1. The van der Waals surface area contributed by atoms with Gasteiger partial charge in [0.15, 0.2) is 0 Å². The Hall–Kier alpha value is -1.62. The highest BCUT2D eigenvalue weighted by molar-refractivity contribution is 5.94. The molecule has 5 nitrogen and oxygen atoms in total. The minimum Gasteiger partial charge on any atom is -0.391 e. The molecule has 2 rings (SSSR count). The number of hydrogen-bond donors (Lipinski definition) is 2. The summed E-state index contributed by atoms with van der Waals surface area (Å²) in [7, 11) is 0. The minimum atomic E-state index is -0.382. The van der Waals surface area contributed by atoms with Crippen LogP contribution in [0.1, 0.15) is 23.7 Å². The number of aliphatic hydroxyl groups is 1. The van der Waals surface area contributed by atoms with Gasteiger partial charge in [-0.25, -0.2) is 4.98 Å². The lowest BCUT2D eigenvalue weighted by molar-refractivity contribution is 0.0764. The highest BCUT2D eigenvalue weighted by Gasteiger charge is 2.25. The van der Waals surface area contributed by atoms with Crippen LogP contribution in [-0.2, 0) is 0 Å². The van der Waals surface area contributed by atoms with Crippen LogP contribution in [-0.4, -0.2) is 46.6 Å². The van der Waals surface area contributed by atoms with Gasteiger partial charge in [0.2, 0.25) is 0 Å². The van der Waals surface area contributed by atoms with Gasteiger partial charge in [0.1, 0.15) is 5.82 Å². The van der Waals surface area contributed by atoms with Crippen molar-refractivity contribution in [1.29, 1.82) is 0 Å². The number of amides is 1. The average molecular weight is 235 g/mol. The van der Waals surface area contributed by atoms with Crippen LogP contribution in [0.4, 0.5) is 5.82 Å². The van der Waals surface area contributed by atoms with Crippen molar-refractivity contribution in [2.24, 2.45) is 0 Å². The Morgan fingerprint density at radius 1 is 1.65 bits per heavy atom. The van der Waals surface area contributed by atoms with Crippen LogP contribution in [0.2, 0.25) is 0 Å². The predicted octanol–water partition coefficient (Wildman–Crippen LogP) is 0.720. The SMILES string of the molecule is CCNc1ccc(C(=O)N2CCC(O)C2)cn1. The highest BCUT2D eigenvalue weighted by atomic mass is 16.3. The first-order chi connectivity index (χ1) is 8.20. The van der Waals surface area contributed by atoms with Crippen molar-refractivity contribution in [1.82, 2.24) is 9.88 Å². The monoisotopic (exact) mass is 235 g/mol. The highest BCUT2D eigenvalue weighted by Crippen LogP contribution is 2.14. The Kier molecular flexibility index (Phi) is 3.58. The molecule has 0 aliphatic carbocycles. The van der Waals surface area contributed by atoms with Crippen molar-refractivity contribution in [3.8, 4) is 0 Å². The molecule has 0 radical (unpaired) electrons. The maximum atomic E-state index is 12.0. The van der Waals surface area contributed by atoms with Gasteiger partial charge in [0.25, 0.3) is 5.91 Å². The summed E-state index contributed by atoms with van der Waals surface area (Å²) in [5.41, 5.74) is 0.570. The lowest BCUT2D eigenvalue weighted by Crippen LogP contribution is -2.29. The van der Waals surface area contributed by atoms with Gasteiger partial charge in [-0.15, -0.1) is 0 Å². The molecule has 1 aliphatic rings. The molecule has 1 aromatic heterocycles. The first-order valence-electron chi connectivity index (χ1n) is 5.88. The van der Waals surface area contributed by atoms with E-state index >= 15 is 0 Å². The second-order valence-corrected chi connectivity index (χ2v) is 4.16. The van der Waals surface area contributed by atoms with Crippen LogP contribution in [0, 0.1) is 0 Å². The maximum absolute atomic E-state index is 12.0. The predicted molar refractivity (Wildman–Crippen MR) is 64.9 cm³/mol. The zero-order valence-electron chi connectivity index (χ0n) is 9.89. The molecule has 1 fully saturated rings. The number of likely N-dealkylation sites (tertiary alicyclic amines) is 1. The van der Waals surface area contributed by atoms with E-state index in [4.69, 9.17) is 0 Å². The van der Waals surface area contributed by atoms with Gasteiger partial charge in [-0.2, -0.15) is 0 Å². The smallest absolute Gasteiger partial charge is 0.255 e. The Labute approximate surface area is 100 Å². The third-order valence-electron chi connectivity index (χ3n) is 2.82. The standard InChI is InChI=1S/C12H17N3O2/c1-2-13-11-4-3-9(7-14-11)12(17)15-6-5-10(16)8-15/h3-4,7,10,16H,2,5-6,8H2,1H3,(H,13,14). The normalized spacial score (nSPS) is 19.4. The summed E-state index contributed by atoms with van der Waals surface area (Å²) in [6.45, 7) is 3.84. The second-order valence-electron chi connectivity index (χ2n) is 4.16. The number of β-amino-alcohol motifs (C(OH)–C–C–N with tert-alkyl or cyclic N) is 1. The molecule has 2 heterocycles. The number of hydrogen-bond acceptors (Lipinski definition) is 4. The van der Waals surface area contributed by atoms with Crippen molar-refractivity contribution >= 4 is 11.7 Å². The molecule has 1 aliphatic heterocycles. The Balaban J connectivity index is 2.04. The molecule has 17 heavy (non-hydrogen) atoms. The molecular weight excluding hydrogens is 218 g/mol. The number of carbonyl (C=O) groups excluding carboxylic acids is 1. The Morgan fingerprint density at radius 2 is 2.47 bits per heavy atom. The van der Waals surface area contributed by atoms with Crippen molar-refractivity contribution in [2.75, 3.05) is 25.0 Å². The van der Waals surface area contributed by atoms with E-state index in [0.717, 1.165) is 12.4 Å². The van der Waals surface area contributed by atoms with E-state index in [1.165, 1.54) is 0 Å². The zero-order chi connectivity index (χ0) is 12.3. The van der Waals surface area contributed by atoms with Crippen molar-refractivity contribution in [2.45, 2.75) is 19.4 Å². The van der Waals surface area contributed by atoms with Gasteiger partial charge in [-0.05, 0) is 25.5 Å². The van der Waals surface area contributed by atoms with Gasteiger partial charge >= 0.3 is 0 Å². The van der Waals surface area contributed by atoms with Crippen molar-refractivity contribution in [3.63, 3.8) is 0 Å².